The van der Waals surface area contributed by atoms with Gasteiger partial charge in [0.15, 0.2) is 5.96 Å². The SMILES string of the molecule is CCNC(=NCC1(C)CCCS1)NCC1CCc2nnc(C)n2C1. The number of thioether (sulfide) groups is 1. The number of nitrogens with zero attached hydrogens (tertiary/aromatic N) is 4. The van der Waals surface area contributed by atoms with Crippen molar-refractivity contribution in [2.24, 2.45) is 10.9 Å². The molecule has 0 saturated carbocycles. The van der Waals surface area contributed by atoms with Gasteiger partial charge in [-0.15, -0.1) is 10.2 Å². The number of guanidine groups is 1. The molecule has 3 heterocycles. The maximum Gasteiger partial charge on any atom is 0.191 e. The van der Waals surface area contributed by atoms with Crippen molar-refractivity contribution in [1.82, 2.24) is 25.4 Å². The Balaban J connectivity index is 1.53. The average molecular weight is 351 g/mol. The van der Waals surface area contributed by atoms with Gasteiger partial charge in [0.2, 0.25) is 0 Å². The Morgan fingerprint density at radius 2 is 2.29 bits per heavy atom. The van der Waals surface area contributed by atoms with Gasteiger partial charge in [0.05, 0.1) is 6.54 Å². The first kappa shape index (κ1) is 17.6. The molecule has 6 nitrogen and oxygen atoms in total. The first-order valence-electron chi connectivity index (χ1n) is 9.14. The lowest BCUT2D eigenvalue weighted by Gasteiger charge is -2.25. The van der Waals surface area contributed by atoms with Crippen molar-refractivity contribution in [2.75, 3.05) is 25.4 Å². The van der Waals surface area contributed by atoms with Gasteiger partial charge in [0.1, 0.15) is 11.6 Å². The van der Waals surface area contributed by atoms with Crippen molar-refractivity contribution in [3.8, 4) is 0 Å². The number of fused-ring (bicyclic) bond motifs is 1. The van der Waals surface area contributed by atoms with Crippen molar-refractivity contribution in [2.45, 2.75) is 57.7 Å². The molecule has 1 aromatic rings. The van der Waals surface area contributed by atoms with Crippen LogP contribution in [0.3, 0.4) is 0 Å². The Hall–Kier alpha value is -1.24. The van der Waals surface area contributed by atoms with Crippen LogP contribution in [-0.2, 0) is 13.0 Å². The zero-order valence-corrected chi connectivity index (χ0v) is 16.0. The van der Waals surface area contributed by atoms with Crippen LogP contribution in [0.5, 0.6) is 0 Å². The predicted molar refractivity (Wildman–Crippen MR) is 101 cm³/mol. The average Bonchev–Trinajstić information content (AvgIpc) is 3.17. The highest BCUT2D eigenvalue weighted by Crippen LogP contribution is 2.37. The summed E-state index contributed by atoms with van der Waals surface area (Å²) in [6.45, 7) is 10.3. The Morgan fingerprint density at radius 3 is 3.04 bits per heavy atom. The number of aliphatic imine (C=N–C) groups is 1. The molecule has 2 aliphatic heterocycles. The van der Waals surface area contributed by atoms with Gasteiger partial charge in [-0.1, -0.05) is 0 Å². The van der Waals surface area contributed by atoms with E-state index in [2.05, 4.69) is 51.0 Å². The normalized spacial score (nSPS) is 27.1. The molecule has 134 valence electrons. The summed E-state index contributed by atoms with van der Waals surface area (Å²) in [5, 5.41) is 15.4. The highest BCUT2D eigenvalue weighted by Gasteiger charge is 2.29. The lowest BCUT2D eigenvalue weighted by Crippen LogP contribution is -2.42. The van der Waals surface area contributed by atoms with Crippen molar-refractivity contribution in [3.05, 3.63) is 11.6 Å². The summed E-state index contributed by atoms with van der Waals surface area (Å²) >= 11 is 2.07. The number of hydrogen-bond acceptors (Lipinski definition) is 4. The molecule has 2 N–H and O–H groups in total. The van der Waals surface area contributed by atoms with Crippen molar-refractivity contribution in [3.63, 3.8) is 0 Å². The zero-order chi connectivity index (χ0) is 17.0. The van der Waals surface area contributed by atoms with Gasteiger partial charge in [-0.3, -0.25) is 4.99 Å². The highest BCUT2D eigenvalue weighted by molar-refractivity contribution is 8.00. The first-order valence-corrected chi connectivity index (χ1v) is 10.1. The monoisotopic (exact) mass is 350 g/mol. The third-order valence-corrected chi connectivity index (χ3v) is 6.53. The van der Waals surface area contributed by atoms with Crippen LogP contribution in [-0.4, -0.2) is 50.9 Å². The molecule has 1 saturated heterocycles. The van der Waals surface area contributed by atoms with Crippen LogP contribution in [0.25, 0.3) is 0 Å². The number of aryl methyl sites for hydroxylation is 2. The molecule has 0 amide bonds. The molecular weight excluding hydrogens is 320 g/mol. The second kappa shape index (κ2) is 7.76. The van der Waals surface area contributed by atoms with Gasteiger partial charge >= 0.3 is 0 Å². The minimum atomic E-state index is 0.321. The van der Waals surface area contributed by atoms with E-state index in [9.17, 15) is 0 Å². The third-order valence-electron chi connectivity index (χ3n) is 5.00. The fraction of sp³-hybridized carbons (Fsp3) is 0.824. The number of rotatable bonds is 5. The molecule has 0 bridgehead atoms. The van der Waals surface area contributed by atoms with E-state index in [0.717, 1.165) is 56.6 Å². The summed E-state index contributed by atoms with van der Waals surface area (Å²) in [4.78, 5) is 4.85. The van der Waals surface area contributed by atoms with E-state index in [4.69, 9.17) is 4.99 Å². The maximum atomic E-state index is 4.85. The van der Waals surface area contributed by atoms with Crippen LogP contribution in [0.15, 0.2) is 4.99 Å². The van der Waals surface area contributed by atoms with Gasteiger partial charge in [-0.2, -0.15) is 11.8 Å². The molecule has 7 heteroatoms. The zero-order valence-electron chi connectivity index (χ0n) is 15.1. The maximum absolute atomic E-state index is 4.85. The van der Waals surface area contributed by atoms with Crippen LogP contribution in [0.2, 0.25) is 0 Å². The lowest BCUT2D eigenvalue weighted by molar-refractivity contribution is 0.358. The summed E-state index contributed by atoms with van der Waals surface area (Å²) in [6.07, 6.45) is 4.79. The van der Waals surface area contributed by atoms with Crippen LogP contribution in [0, 0.1) is 12.8 Å². The third kappa shape index (κ3) is 4.23. The number of aromatic nitrogens is 3. The smallest absolute Gasteiger partial charge is 0.191 e. The molecule has 24 heavy (non-hydrogen) atoms. The van der Waals surface area contributed by atoms with E-state index >= 15 is 0 Å². The van der Waals surface area contributed by atoms with Gasteiger partial charge in [-0.25, -0.2) is 0 Å². The summed E-state index contributed by atoms with van der Waals surface area (Å²) < 4.78 is 2.58. The van der Waals surface area contributed by atoms with Crippen LogP contribution in [0.4, 0.5) is 0 Å². The van der Waals surface area contributed by atoms with Gasteiger partial charge < -0.3 is 15.2 Å². The van der Waals surface area contributed by atoms with Gasteiger partial charge in [-0.05, 0) is 51.7 Å². The molecule has 0 aliphatic carbocycles. The highest BCUT2D eigenvalue weighted by atomic mass is 32.2. The second-order valence-corrected chi connectivity index (χ2v) is 8.84. The van der Waals surface area contributed by atoms with E-state index in [1.807, 2.05) is 6.92 Å². The molecule has 1 aromatic heterocycles. The van der Waals surface area contributed by atoms with E-state index in [1.165, 1.54) is 18.6 Å². The van der Waals surface area contributed by atoms with E-state index in [1.54, 1.807) is 0 Å². The summed E-state index contributed by atoms with van der Waals surface area (Å²) in [5.41, 5.74) is 0. The lowest BCUT2D eigenvalue weighted by atomic mass is 9.99. The van der Waals surface area contributed by atoms with Crippen LogP contribution in [0.1, 0.15) is 44.8 Å². The van der Waals surface area contributed by atoms with E-state index in [0.29, 0.717) is 10.7 Å². The topological polar surface area (TPSA) is 67.1 Å². The fourth-order valence-electron chi connectivity index (χ4n) is 3.49. The number of hydrogen-bond donors (Lipinski definition) is 2. The first-order chi connectivity index (χ1) is 11.6. The molecule has 2 aliphatic rings. The molecule has 1 fully saturated rings. The Morgan fingerprint density at radius 1 is 1.42 bits per heavy atom. The summed E-state index contributed by atoms with van der Waals surface area (Å²) in [6, 6.07) is 0. The summed E-state index contributed by atoms with van der Waals surface area (Å²) in [7, 11) is 0. The van der Waals surface area contributed by atoms with Crippen LogP contribution < -0.4 is 10.6 Å². The van der Waals surface area contributed by atoms with Gasteiger partial charge in [0, 0.05) is 30.8 Å². The predicted octanol–water partition coefficient (Wildman–Crippen LogP) is 1.99. The minimum absolute atomic E-state index is 0.321. The minimum Gasteiger partial charge on any atom is -0.357 e. The van der Waals surface area contributed by atoms with Gasteiger partial charge in [0.25, 0.3) is 0 Å². The Bertz CT molecular complexity index is 576. The molecule has 0 spiro atoms. The molecule has 0 radical (unpaired) electrons. The summed E-state index contributed by atoms with van der Waals surface area (Å²) in [5.74, 6) is 5.00. The molecule has 3 rings (SSSR count). The van der Waals surface area contributed by atoms with Crippen molar-refractivity contribution >= 4 is 17.7 Å². The number of nitrogens with one attached hydrogen (secondary N) is 2. The van der Waals surface area contributed by atoms with Crippen molar-refractivity contribution in [1.29, 1.82) is 0 Å². The Kier molecular flexibility index (Phi) is 5.69. The van der Waals surface area contributed by atoms with Crippen molar-refractivity contribution < 1.29 is 0 Å². The molecule has 2 atom stereocenters. The molecule has 2 unspecified atom stereocenters. The fourth-order valence-corrected chi connectivity index (χ4v) is 4.71. The standard InChI is InChI=1S/C17H30N6S/c1-4-18-16(20-12-17(3)8-5-9-24-17)19-10-14-6-7-15-22-21-13(2)23(15)11-14/h14H,4-12H2,1-3H3,(H2,18,19,20). The molecule has 0 aromatic carbocycles. The largest absolute Gasteiger partial charge is 0.357 e. The quantitative estimate of drug-likeness (QED) is 0.628. The second-order valence-electron chi connectivity index (χ2n) is 7.16. The van der Waals surface area contributed by atoms with E-state index < -0.39 is 0 Å². The Labute approximate surface area is 149 Å². The van der Waals surface area contributed by atoms with E-state index in [-0.39, 0.29) is 0 Å². The van der Waals surface area contributed by atoms with Crippen LogP contribution >= 0.6 is 11.8 Å². The molecular formula is C17H30N6S.